The fraction of sp³-hybridized carbons (Fsp3) is 0.667. The van der Waals surface area contributed by atoms with Gasteiger partial charge in [0.2, 0.25) is 5.91 Å². The van der Waals surface area contributed by atoms with Gasteiger partial charge in [0.25, 0.3) is 5.91 Å². The standard InChI is InChI=1S/C21H31N3O3S/c1-4-10-21(16-7-11-23(12-8-16)18(25)15(2)3)19(26)24(20(27)22-21)13-9-17-6-5-14-28-17/h5-6,14-16H,4,7-13H2,1-3H3,(H,22,27). The van der Waals surface area contributed by atoms with Crippen molar-refractivity contribution in [2.75, 3.05) is 19.6 Å². The number of hydrogen-bond acceptors (Lipinski definition) is 4. The quantitative estimate of drug-likeness (QED) is 0.708. The van der Waals surface area contributed by atoms with Crippen molar-refractivity contribution in [2.24, 2.45) is 11.8 Å². The fourth-order valence-corrected chi connectivity index (χ4v) is 5.23. The minimum atomic E-state index is -0.811. The Hall–Kier alpha value is -1.89. The Balaban J connectivity index is 1.70. The Kier molecular flexibility index (Phi) is 6.43. The molecule has 0 aromatic carbocycles. The molecule has 0 bridgehead atoms. The van der Waals surface area contributed by atoms with Crippen molar-refractivity contribution in [3.05, 3.63) is 22.4 Å². The van der Waals surface area contributed by atoms with E-state index in [1.807, 2.05) is 43.2 Å². The second-order valence-corrected chi connectivity index (χ2v) is 9.22. The summed E-state index contributed by atoms with van der Waals surface area (Å²) in [6, 6.07) is 3.75. The lowest BCUT2D eigenvalue weighted by molar-refractivity contribution is -0.138. The summed E-state index contributed by atoms with van der Waals surface area (Å²) in [6.45, 7) is 7.61. The van der Waals surface area contributed by atoms with Gasteiger partial charge in [0.1, 0.15) is 5.54 Å². The number of thiophene rings is 1. The van der Waals surface area contributed by atoms with Gasteiger partial charge in [-0.15, -0.1) is 11.3 Å². The van der Waals surface area contributed by atoms with Gasteiger partial charge in [-0.3, -0.25) is 14.5 Å². The van der Waals surface area contributed by atoms with E-state index in [-0.39, 0.29) is 29.7 Å². The number of imide groups is 1. The van der Waals surface area contributed by atoms with E-state index in [0.717, 1.165) is 19.3 Å². The van der Waals surface area contributed by atoms with Crippen molar-refractivity contribution in [3.63, 3.8) is 0 Å². The number of urea groups is 1. The Morgan fingerprint density at radius 2 is 2.04 bits per heavy atom. The Labute approximate surface area is 171 Å². The molecular formula is C21H31N3O3S. The van der Waals surface area contributed by atoms with Gasteiger partial charge in [-0.25, -0.2) is 4.79 Å². The summed E-state index contributed by atoms with van der Waals surface area (Å²) in [5.41, 5.74) is -0.811. The van der Waals surface area contributed by atoms with Crippen LogP contribution >= 0.6 is 11.3 Å². The summed E-state index contributed by atoms with van der Waals surface area (Å²) in [6.07, 6.45) is 3.68. The van der Waals surface area contributed by atoms with Crippen LogP contribution < -0.4 is 5.32 Å². The number of likely N-dealkylation sites (tertiary alicyclic amines) is 1. The molecule has 1 unspecified atom stereocenters. The van der Waals surface area contributed by atoms with Crippen LogP contribution in [0.1, 0.15) is 51.3 Å². The summed E-state index contributed by atoms with van der Waals surface area (Å²) in [4.78, 5) is 42.8. The molecule has 0 saturated carbocycles. The van der Waals surface area contributed by atoms with Crippen LogP contribution in [-0.2, 0) is 16.0 Å². The molecule has 1 N–H and O–H groups in total. The zero-order valence-corrected chi connectivity index (χ0v) is 17.9. The van der Waals surface area contributed by atoms with Gasteiger partial charge in [0.15, 0.2) is 0 Å². The molecule has 1 atom stereocenters. The van der Waals surface area contributed by atoms with Gasteiger partial charge in [0, 0.05) is 30.4 Å². The predicted molar refractivity (Wildman–Crippen MR) is 110 cm³/mol. The maximum Gasteiger partial charge on any atom is 0.325 e. The lowest BCUT2D eigenvalue weighted by Gasteiger charge is -2.41. The molecule has 154 valence electrons. The molecule has 2 aliphatic heterocycles. The third kappa shape index (κ3) is 3.95. The molecule has 7 heteroatoms. The summed E-state index contributed by atoms with van der Waals surface area (Å²) < 4.78 is 0. The van der Waals surface area contributed by atoms with E-state index >= 15 is 0 Å². The monoisotopic (exact) mass is 405 g/mol. The smallest absolute Gasteiger partial charge is 0.325 e. The van der Waals surface area contributed by atoms with Gasteiger partial charge in [-0.05, 0) is 43.0 Å². The van der Waals surface area contributed by atoms with E-state index in [1.54, 1.807) is 11.3 Å². The van der Waals surface area contributed by atoms with E-state index in [2.05, 4.69) is 5.32 Å². The van der Waals surface area contributed by atoms with Crippen molar-refractivity contribution in [2.45, 2.75) is 58.4 Å². The van der Waals surface area contributed by atoms with Gasteiger partial charge in [-0.1, -0.05) is 33.3 Å². The molecular weight excluding hydrogens is 374 g/mol. The predicted octanol–water partition coefficient (Wildman–Crippen LogP) is 3.28. The summed E-state index contributed by atoms with van der Waals surface area (Å²) in [7, 11) is 0. The van der Waals surface area contributed by atoms with Gasteiger partial charge < -0.3 is 10.2 Å². The number of hydrogen-bond donors (Lipinski definition) is 1. The van der Waals surface area contributed by atoms with Crippen molar-refractivity contribution >= 4 is 29.2 Å². The van der Waals surface area contributed by atoms with Crippen LogP contribution in [0.25, 0.3) is 0 Å². The van der Waals surface area contributed by atoms with Crippen LogP contribution in [-0.4, -0.2) is 52.8 Å². The third-order valence-corrected chi connectivity index (χ3v) is 6.94. The highest BCUT2D eigenvalue weighted by molar-refractivity contribution is 7.09. The molecule has 3 heterocycles. The number of carbonyl (C=O) groups is 3. The molecule has 2 saturated heterocycles. The molecule has 3 rings (SSSR count). The van der Waals surface area contributed by atoms with Crippen molar-refractivity contribution in [1.82, 2.24) is 15.1 Å². The van der Waals surface area contributed by atoms with Crippen LogP contribution in [0.4, 0.5) is 4.79 Å². The van der Waals surface area contributed by atoms with Crippen molar-refractivity contribution in [3.8, 4) is 0 Å². The highest BCUT2D eigenvalue weighted by Gasteiger charge is 2.55. The molecule has 28 heavy (non-hydrogen) atoms. The first-order chi connectivity index (χ1) is 13.4. The Morgan fingerprint density at radius 3 is 2.61 bits per heavy atom. The zero-order valence-electron chi connectivity index (χ0n) is 17.1. The summed E-state index contributed by atoms with van der Waals surface area (Å²) in [5.74, 6) is 0.153. The lowest BCUT2D eigenvalue weighted by Crippen LogP contribution is -2.56. The number of rotatable bonds is 7. The zero-order chi connectivity index (χ0) is 20.3. The molecule has 0 aliphatic carbocycles. The number of amides is 4. The minimum absolute atomic E-state index is 0.0123. The maximum atomic E-state index is 13.4. The maximum absolute atomic E-state index is 13.4. The third-order valence-electron chi connectivity index (χ3n) is 6.01. The fourth-order valence-electron chi connectivity index (χ4n) is 4.53. The molecule has 0 spiro atoms. The second-order valence-electron chi connectivity index (χ2n) is 8.19. The highest BCUT2D eigenvalue weighted by Crippen LogP contribution is 2.37. The lowest BCUT2D eigenvalue weighted by atomic mass is 9.74. The van der Waals surface area contributed by atoms with E-state index in [0.29, 0.717) is 32.5 Å². The van der Waals surface area contributed by atoms with E-state index in [4.69, 9.17) is 0 Å². The molecule has 6 nitrogen and oxygen atoms in total. The van der Waals surface area contributed by atoms with Crippen molar-refractivity contribution in [1.29, 1.82) is 0 Å². The number of carbonyl (C=O) groups excluding carboxylic acids is 3. The number of piperidine rings is 1. The SMILES string of the molecule is CCCC1(C2CCN(C(=O)C(C)C)CC2)NC(=O)N(CCc2cccs2)C1=O. The highest BCUT2D eigenvalue weighted by atomic mass is 32.1. The summed E-state index contributed by atoms with van der Waals surface area (Å²) in [5, 5.41) is 5.08. The Morgan fingerprint density at radius 1 is 1.32 bits per heavy atom. The second kappa shape index (κ2) is 8.64. The Bertz CT molecular complexity index is 710. The van der Waals surface area contributed by atoms with Gasteiger partial charge >= 0.3 is 6.03 Å². The van der Waals surface area contributed by atoms with Crippen LogP contribution in [0.2, 0.25) is 0 Å². The molecule has 1 aromatic heterocycles. The number of nitrogens with zero attached hydrogens (tertiary/aromatic N) is 2. The molecule has 2 fully saturated rings. The first-order valence-electron chi connectivity index (χ1n) is 10.3. The van der Waals surface area contributed by atoms with Crippen LogP contribution in [0.3, 0.4) is 0 Å². The van der Waals surface area contributed by atoms with E-state index in [9.17, 15) is 14.4 Å². The number of nitrogens with one attached hydrogen (secondary N) is 1. The van der Waals surface area contributed by atoms with Crippen molar-refractivity contribution < 1.29 is 14.4 Å². The first-order valence-corrected chi connectivity index (χ1v) is 11.2. The summed E-state index contributed by atoms with van der Waals surface area (Å²) >= 11 is 1.65. The normalized spacial score (nSPS) is 23.6. The average molecular weight is 406 g/mol. The van der Waals surface area contributed by atoms with Crippen LogP contribution in [0.5, 0.6) is 0 Å². The van der Waals surface area contributed by atoms with Gasteiger partial charge in [0.05, 0.1) is 0 Å². The largest absolute Gasteiger partial charge is 0.342 e. The van der Waals surface area contributed by atoms with E-state index in [1.165, 1.54) is 9.78 Å². The van der Waals surface area contributed by atoms with Crippen LogP contribution in [0, 0.1) is 11.8 Å². The molecule has 1 aromatic rings. The first kappa shape index (κ1) is 20.8. The van der Waals surface area contributed by atoms with Gasteiger partial charge in [-0.2, -0.15) is 0 Å². The molecule has 2 aliphatic rings. The average Bonchev–Trinajstić information content (AvgIpc) is 3.27. The minimum Gasteiger partial charge on any atom is -0.342 e. The van der Waals surface area contributed by atoms with Crippen LogP contribution in [0.15, 0.2) is 17.5 Å². The van der Waals surface area contributed by atoms with E-state index < -0.39 is 5.54 Å². The molecule has 4 amide bonds. The topological polar surface area (TPSA) is 69.7 Å². The molecule has 0 radical (unpaired) electrons.